The fourth-order valence-corrected chi connectivity index (χ4v) is 3.50. The monoisotopic (exact) mass is 405 g/mol. The largest absolute Gasteiger partial charge is 0.293 e. The van der Waals surface area contributed by atoms with E-state index in [1.807, 2.05) is 31.2 Å². The molecule has 0 aromatic heterocycles. The standard InChI is InChI=1S/C18H13BrFNO2S/c1-11-2-4-12(5-3-11)10-21-17(22)16(24-18(21)23)9-13-6-7-15(20)14(19)8-13/h2-9H,10H2,1H3. The number of hydrogen-bond acceptors (Lipinski definition) is 3. The summed E-state index contributed by atoms with van der Waals surface area (Å²) in [5.41, 5.74) is 2.67. The Kier molecular flexibility index (Phi) is 4.87. The van der Waals surface area contributed by atoms with E-state index < -0.39 is 0 Å². The van der Waals surface area contributed by atoms with Gasteiger partial charge in [-0.15, -0.1) is 0 Å². The summed E-state index contributed by atoms with van der Waals surface area (Å²) in [6.07, 6.45) is 1.60. The van der Waals surface area contributed by atoms with Crippen LogP contribution in [0.4, 0.5) is 9.18 Å². The van der Waals surface area contributed by atoms with Crippen LogP contribution in [0.15, 0.2) is 51.8 Å². The van der Waals surface area contributed by atoms with Gasteiger partial charge in [0.1, 0.15) is 5.82 Å². The molecule has 0 atom stereocenters. The number of carbonyl (C=O) groups excluding carboxylic acids is 2. The molecule has 3 rings (SSSR count). The van der Waals surface area contributed by atoms with Crippen LogP contribution in [0.3, 0.4) is 0 Å². The third-order valence-corrected chi connectivity index (χ3v) is 5.09. The summed E-state index contributed by atoms with van der Waals surface area (Å²) >= 11 is 4.01. The second-order valence-electron chi connectivity index (χ2n) is 5.43. The molecule has 1 saturated heterocycles. The fraction of sp³-hybridized carbons (Fsp3) is 0.111. The second-order valence-corrected chi connectivity index (χ2v) is 7.27. The summed E-state index contributed by atoms with van der Waals surface area (Å²) in [5, 5.41) is -0.298. The molecule has 0 spiro atoms. The molecule has 2 aromatic carbocycles. The Labute approximate surface area is 151 Å². The SMILES string of the molecule is Cc1ccc(CN2C(=O)SC(=Cc3ccc(F)c(Br)c3)C2=O)cc1. The zero-order chi connectivity index (χ0) is 17.3. The smallest absolute Gasteiger partial charge is 0.268 e. The molecule has 0 radical (unpaired) electrons. The maximum Gasteiger partial charge on any atom is 0.293 e. The lowest BCUT2D eigenvalue weighted by molar-refractivity contribution is -0.123. The van der Waals surface area contributed by atoms with Gasteiger partial charge < -0.3 is 0 Å². The lowest BCUT2D eigenvalue weighted by Crippen LogP contribution is -2.27. The maximum atomic E-state index is 13.3. The Bertz CT molecular complexity index is 849. The molecule has 0 bridgehead atoms. The van der Waals surface area contributed by atoms with Crippen molar-refractivity contribution in [3.8, 4) is 0 Å². The number of nitrogens with zero attached hydrogens (tertiary/aromatic N) is 1. The number of rotatable bonds is 3. The molecule has 0 unspecified atom stereocenters. The minimum Gasteiger partial charge on any atom is -0.268 e. The first-order valence-electron chi connectivity index (χ1n) is 7.20. The zero-order valence-electron chi connectivity index (χ0n) is 12.8. The van der Waals surface area contributed by atoms with E-state index in [-0.39, 0.29) is 23.5 Å². The van der Waals surface area contributed by atoms with Crippen LogP contribution in [0.2, 0.25) is 0 Å². The lowest BCUT2D eigenvalue weighted by Gasteiger charge is -2.12. The van der Waals surface area contributed by atoms with Gasteiger partial charge in [-0.1, -0.05) is 35.9 Å². The van der Waals surface area contributed by atoms with E-state index in [0.717, 1.165) is 22.9 Å². The summed E-state index contributed by atoms with van der Waals surface area (Å²) in [6, 6.07) is 12.1. The van der Waals surface area contributed by atoms with Crippen LogP contribution in [0, 0.1) is 12.7 Å². The van der Waals surface area contributed by atoms with Gasteiger partial charge in [0.05, 0.1) is 15.9 Å². The summed E-state index contributed by atoms with van der Waals surface area (Å²) in [5.74, 6) is -0.703. The molecule has 1 heterocycles. The first-order valence-corrected chi connectivity index (χ1v) is 8.81. The van der Waals surface area contributed by atoms with E-state index in [9.17, 15) is 14.0 Å². The number of benzene rings is 2. The van der Waals surface area contributed by atoms with Crippen molar-refractivity contribution < 1.29 is 14.0 Å². The summed E-state index contributed by atoms with van der Waals surface area (Å²) in [7, 11) is 0. The van der Waals surface area contributed by atoms with Crippen molar-refractivity contribution in [1.82, 2.24) is 4.90 Å². The average Bonchev–Trinajstić information content (AvgIpc) is 2.80. The average molecular weight is 406 g/mol. The Morgan fingerprint density at radius 3 is 2.54 bits per heavy atom. The number of halogens is 2. The molecule has 0 N–H and O–H groups in total. The number of hydrogen-bond donors (Lipinski definition) is 0. The van der Waals surface area contributed by atoms with Gasteiger partial charge >= 0.3 is 0 Å². The molecule has 2 aromatic rings. The first-order chi connectivity index (χ1) is 11.4. The van der Waals surface area contributed by atoms with Gasteiger partial charge in [0, 0.05) is 0 Å². The van der Waals surface area contributed by atoms with Crippen molar-refractivity contribution in [2.24, 2.45) is 0 Å². The third-order valence-electron chi connectivity index (χ3n) is 3.58. The number of amides is 2. The molecule has 122 valence electrons. The highest BCUT2D eigenvalue weighted by Gasteiger charge is 2.34. The summed E-state index contributed by atoms with van der Waals surface area (Å²) in [6.45, 7) is 2.23. The normalized spacial score (nSPS) is 16.3. The molecule has 1 fully saturated rings. The van der Waals surface area contributed by atoms with Gasteiger partial charge in [0.15, 0.2) is 0 Å². The van der Waals surface area contributed by atoms with Gasteiger partial charge in [0.25, 0.3) is 11.1 Å². The van der Waals surface area contributed by atoms with Crippen molar-refractivity contribution in [3.63, 3.8) is 0 Å². The quantitative estimate of drug-likeness (QED) is 0.663. The topological polar surface area (TPSA) is 37.4 Å². The van der Waals surface area contributed by atoms with Gasteiger partial charge in [-0.05, 0) is 64.0 Å². The molecule has 24 heavy (non-hydrogen) atoms. The van der Waals surface area contributed by atoms with Gasteiger partial charge in [-0.3, -0.25) is 14.5 Å². The predicted molar refractivity (Wildman–Crippen MR) is 96.8 cm³/mol. The lowest BCUT2D eigenvalue weighted by atomic mass is 10.1. The molecule has 1 aliphatic rings. The Morgan fingerprint density at radius 1 is 1.17 bits per heavy atom. The first kappa shape index (κ1) is 16.9. The highest BCUT2D eigenvalue weighted by molar-refractivity contribution is 9.10. The molecule has 0 aliphatic carbocycles. The third kappa shape index (κ3) is 3.60. The van der Waals surface area contributed by atoms with Crippen LogP contribution in [0.25, 0.3) is 6.08 Å². The minimum absolute atomic E-state index is 0.245. The highest BCUT2D eigenvalue weighted by Crippen LogP contribution is 2.33. The van der Waals surface area contributed by atoms with E-state index >= 15 is 0 Å². The number of imide groups is 1. The molecule has 0 saturated carbocycles. The Morgan fingerprint density at radius 2 is 1.88 bits per heavy atom. The van der Waals surface area contributed by atoms with Crippen LogP contribution in [-0.4, -0.2) is 16.0 Å². The van der Waals surface area contributed by atoms with E-state index in [1.54, 1.807) is 18.2 Å². The fourth-order valence-electron chi connectivity index (χ4n) is 2.27. The zero-order valence-corrected chi connectivity index (χ0v) is 15.2. The Hall–Kier alpha value is -1.92. The van der Waals surface area contributed by atoms with E-state index in [0.29, 0.717) is 14.9 Å². The van der Waals surface area contributed by atoms with E-state index in [2.05, 4.69) is 15.9 Å². The Balaban J connectivity index is 1.81. The van der Waals surface area contributed by atoms with Gasteiger partial charge in [-0.25, -0.2) is 4.39 Å². The molecule has 6 heteroatoms. The van der Waals surface area contributed by atoms with E-state index in [1.165, 1.54) is 11.0 Å². The second kappa shape index (κ2) is 6.91. The molecule has 2 amide bonds. The van der Waals surface area contributed by atoms with Gasteiger partial charge in [0.2, 0.25) is 0 Å². The van der Waals surface area contributed by atoms with Crippen molar-refractivity contribution in [2.75, 3.05) is 0 Å². The molecule has 1 aliphatic heterocycles. The van der Waals surface area contributed by atoms with Crippen molar-refractivity contribution in [2.45, 2.75) is 13.5 Å². The van der Waals surface area contributed by atoms with Crippen molar-refractivity contribution in [3.05, 3.63) is 74.4 Å². The number of thioether (sulfide) groups is 1. The van der Waals surface area contributed by atoms with Crippen LogP contribution in [0.1, 0.15) is 16.7 Å². The summed E-state index contributed by atoms with van der Waals surface area (Å²) < 4.78 is 13.6. The highest BCUT2D eigenvalue weighted by atomic mass is 79.9. The van der Waals surface area contributed by atoms with Crippen LogP contribution in [-0.2, 0) is 11.3 Å². The van der Waals surface area contributed by atoms with Crippen LogP contribution >= 0.6 is 27.7 Å². The molecule has 3 nitrogen and oxygen atoms in total. The van der Waals surface area contributed by atoms with Crippen LogP contribution in [0.5, 0.6) is 0 Å². The predicted octanol–water partition coefficient (Wildman–Crippen LogP) is 5.13. The maximum absolute atomic E-state index is 13.3. The molecular formula is C18H13BrFNO2S. The van der Waals surface area contributed by atoms with Gasteiger partial charge in [-0.2, -0.15) is 0 Å². The minimum atomic E-state index is -0.375. The van der Waals surface area contributed by atoms with Crippen molar-refractivity contribution >= 4 is 44.9 Å². The molecular weight excluding hydrogens is 393 g/mol. The van der Waals surface area contributed by atoms with Crippen LogP contribution < -0.4 is 0 Å². The van der Waals surface area contributed by atoms with E-state index in [4.69, 9.17) is 0 Å². The number of carbonyl (C=O) groups is 2. The number of aryl methyl sites for hydroxylation is 1. The summed E-state index contributed by atoms with van der Waals surface area (Å²) in [4.78, 5) is 26.2. The van der Waals surface area contributed by atoms with Crippen molar-refractivity contribution in [1.29, 1.82) is 0 Å².